The lowest BCUT2D eigenvalue weighted by Gasteiger charge is -1.92. The van der Waals surface area contributed by atoms with Crippen LogP contribution in [0.2, 0.25) is 0 Å². The van der Waals surface area contributed by atoms with Crippen LogP contribution >= 0.6 is 0 Å². The Kier molecular flexibility index (Phi) is 16.4. The van der Waals surface area contributed by atoms with Gasteiger partial charge in [0.15, 0.2) is 11.1 Å². The number of rotatable bonds is 4. The monoisotopic (exact) mass is 328 g/mol. The Bertz CT molecular complexity index is 487. The van der Waals surface area contributed by atoms with Crippen molar-refractivity contribution >= 4 is 11.1 Å². The molecule has 0 saturated carbocycles. The topological polar surface area (TPSA) is 65.2 Å². The number of nitrogens with zero attached hydrogens (tertiary/aromatic N) is 2. The van der Waals surface area contributed by atoms with Crippen LogP contribution in [0.1, 0.15) is 47.4 Å². The van der Waals surface area contributed by atoms with Crippen LogP contribution in [0.25, 0.3) is 11.4 Å². The second-order valence-corrected chi connectivity index (χ2v) is 4.22. The summed E-state index contributed by atoms with van der Waals surface area (Å²) in [6.45, 7) is 12.0. The molecular formula is C16H28N2O3S. The predicted octanol–water partition coefficient (Wildman–Crippen LogP) is 4.63. The van der Waals surface area contributed by atoms with E-state index in [0.29, 0.717) is 11.7 Å². The second kappa shape index (κ2) is 15.9. The van der Waals surface area contributed by atoms with Gasteiger partial charge in [-0.15, -0.1) is 0 Å². The highest BCUT2D eigenvalue weighted by Gasteiger charge is 2.10. The lowest BCUT2D eigenvalue weighted by atomic mass is 10.2. The van der Waals surface area contributed by atoms with Gasteiger partial charge in [0.2, 0.25) is 11.7 Å². The zero-order valence-corrected chi connectivity index (χ0v) is 15.4. The van der Waals surface area contributed by atoms with Gasteiger partial charge in [-0.05, 0) is 0 Å². The lowest BCUT2D eigenvalue weighted by Crippen LogP contribution is -1.96. The molecule has 0 fully saturated rings. The van der Waals surface area contributed by atoms with Crippen molar-refractivity contribution in [1.29, 1.82) is 0 Å². The van der Waals surface area contributed by atoms with Gasteiger partial charge < -0.3 is 4.52 Å². The summed E-state index contributed by atoms with van der Waals surface area (Å²) in [4.78, 5) is 4.12. The molecule has 1 unspecified atom stereocenters. The lowest BCUT2D eigenvalue weighted by molar-refractivity contribution is 0.383. The summed E-state index contributed by atoms with van der Waals surface area (Å²) >= 11 is -1.42. The zero-order chi connectivity index (χ0) is 17.4. The summed E-state index contributed by atoms with van der Waals surface area (Å²) in [6.07, 6.45) is 0. The Hall–Kier alpha value is -1.53. The Morgan fingerprint density at radius 3 is 2.09 bits per heavy atom. The minimum Gasteiger partial charge on any atom is -0.338 e. The molecule has 22 heavy (non-hydrogen) atoms. The molecule has 1 atom stereocenters. The molecule has 0 bridgehead atoms. The van der Waals surface area contributed by atoms with Gasteiger partial charge >= 0.3 is 0 Å². The average molecular weight is 328 g/mol. The molecule has 1 aromatic heterocycles. The zero-order valence-electron chi connectivity index (χ0n) is 14.6. The standard InChI is InChI=1S/C10H10N2O3S.3C2H6/c1-14-16(13)7-9-11-10(12-15-9)8-5-3-2-4-6-8;3*1-2/h2-6H,7H2,1H3;3*1-2H3. The molecule has 2 rings (SSSR count). The first-order valence-corrected chi connectivity index (χ1v) is 8.85. The third kappa shape index (κ3) is 8.69. The minimum absolute atomic E-state index is 0.107. The van der Waals surface area contributed by atoms with Crippen LogP contribution in [-0.4, -0.2) is 21.5 Å². The van der Waals surface area contributed by atoms with Crippen molar-refractivity contribution in [1.82, 2.24) is 10.1 Å². The van der Waals surface area contributed by atoms with Gasteiger partial charge in [0.05, 0.1) is 7.11 Å². The normalized spacial score (nSPS) is 9.95. The van der Waals surface area contributed by atoms with E-state index in [9.17, 15) is 4.21 Å². The Labute approximate surface area is 136 Å². The van der Waals surface area contributed by atoms with Gasteiger partial charge in [-0.2, -0.15) is 4.98 Å². The largest absolute Gasteiger partial charge is 0.338 e. The molecule has 0 radical (unpaired) electrons. The third-order valence-corrected chi connectivity index (χ3v) is 2.78. The molecule has 1 heterocycles. The fraction of sp³-hybridized carbons (Fsp3) is 0.500. The van der Waals surface area contributed by atoms with Crippen molar-refractivity contribution in [2.45, 2.75) is 47.3 Å². The van der Waals surface area contributed by atoms with Gasteiger partial charge in [0, 0.05) is 5.56 Å². The number of hydrogen-bond donors (Lipinski definition) is 0. The fourth-order valence-electron chi connectivity index (χ4n) is 1.18. The molecule has 126 valence electrons. The molecule has 0 spiro atoms. The minimum atomic E-state index is -1.42. The molecule has 0 aliphatic heterocycles. The first kappa shape index (κ1) is 22.7. The van der Waals surface area contributed by atoms with Crippen molar-refractivity contribution in [2.75, 3.05) is 7.11 Å². The maximum atomic E-state index is 11.1. The maximum absolute atomic E-state index is 11.1. The second-order valence-electron chi connectivity index (χ2n) is 2.99. The van der Waals surface area contributed by atoms with Crippen LogP contribution in [0.15, 0.2) is 34.9 Å². The molecule has 5 nitrogen and oxygen atoms in total. The molecule has 2 aromatic rings. The molecule has 0 saturated heterocycles. The summed E-state index contributed by atoms with van der Waals surface area (Å²) in [5.41, 5.74) is 0.862. The molecule has 0 aliphatic rings. The van der Waals surface area contributed by atoms with Crippen LogP contribution in [0.5, 0.6) is 0 Å². The number of hydrogen-bond acceptors (Lipinski definition) is 5. The predicted molar refractivity (Wildman–Crippen MR) is 92.6 cm³/mol. The van der Waals surface area contributed by atoms with Crippen LogP contribution in [0, 0.1) is 0 Å². The Morgan fingerprint density at radius 2 is 1.59 bits per heavy atom. The van der Waals surface area contributed by atoms with Gasteiger partial charge in [-0.3, -0.25) is 4.18 Å². The van der Waals surface area contributed by atoms with E-state index in [1.165, 1.54) is 7.11 Å². The summed E-state index contributed by atoms with van der Waals surface area (Å²) in [5.74, 6) is 0.902. The highest BCUT2D eigenvalue weighted by atomic mass is 32.2. The van der Waals surface area contributed by atoms with Gasteiger partial charge in [0.1, 0.15) is 5.75 Å². The van der Waals surface area contributed by atoms with Crippen LogP contribution < -0.4 is 0 Å². The molecular weight excluding hydrogens is 300 g/mol. The van der Waals surface area contributed by atoms with Crippen molar-refractivity contribution in [2.24, 2.45) is 0 Å². The van der Waals surface area contributed by atoms with Crippen molar-refractivity contribution in [3.05, 3.63) is 36.2 Å². The van der Waals surface area contributed by atoms with Gasteiger partial charge in [-0.1, -0.05) is 77.0 Å². The van der Waals surface area contributed by atoms with E-state index in [2.05, 4.69) is 14.3 Å². The summed E-state index contributed by atoms with van der Waals surface area (Å²) in [5, 5.41) is 3.80. The molecule has 0 amide bonds. The summed E-state index contributed by atoms with van der Waals surface area (Å²) < 4.78 is 20.7. The van der Waals surface area contributed by atoms with E-state index < -0.39 is 11.1 Å². The van der Waals surface area contributed by atoms with Crippen LogP contribution in [0.3, 0.4) is 0 Å². The van der Waals surface area contributed by atoms with E-state index in [1.807, 2.05) is 71.9 Å². The number of benzene rings is 1. The summed E-state index contributed by atoms with van der Waals surface area (Å²) in [6, 6.07) is 9.44. The van der Waals surface area contributed by atoms with E-state index in [0.717, 1.165) is 5.56 Å². The molecule has 6 heteroatoms. The molecule has 0 N–H and O–H groups in total. The van der Waals surface area contributed by atoms with Crippen LogP contribution in [-0.2, 0) is 21.0 Å². The quantitative estimate of drug-likeness (QED) is 0.819. The molecule has 1 aromatic carbocycles. The summed E-state index contributed by atoms with van der Waals surface area (Å²) in [7, 11) is 1.37. The average Bonchev–Trinajstić information content (AvgIpc) is 3.09. The maximum Gasteiger partial charge on any atom is 0.242 e. The number of aromatic nitrogens is 2. The SMILES string of the molecule is CC.CC.CC.COS(=O)Cc1nc(-c2ccccc2)no1. The smallest absolute Gasteiger partial charge is 0.242 e. The van der Waals surface area contributed by atoms with Crippen LogP contribution in [0.4, 0.5) is 0 Å². The third-order valence-electron chi connectivity index (χ3n) is 1.93. The highest BCUT2D eigenvalue weighted by Crippen LogP contribution is 2.15. The van der Waals surface area contributed by atoms with E-state index >= 15 is 0 Å². The molecule has 0 aliphatic carbocycles. The Balaban J connectivity index is 0. The highest BCUT2D eigenvalue weighted by molar-refractivity contribution is 7.79. The van der Waals surface area contributed by atoms with E-state index in [-0.39, 0.29) is 5.75 Å². The van der Waals surface area contributed by atoms with E-state index in [1.54, 1.807) is 0 Å². The van der Waals surface area contributed by atoms with E-state index in [4.69, 9.17) is 4.52 Å². The van der Waals surface area contributed by atoms with Crippen molar-refractivity contribution in [3.63, 3.8) is 0 Å². The fourth-order valence-corrected chi connectivity index (χ4v) is 1.61. The van der Waals surface area contributed by atoms with Crippen molar-refractivity contribution in [3.8, 4) is 11.4 Å². The van der Waals surface area contributed by atoms with Crippen molar-refractivity contribution < 1.29 is 12.9 Å². The first-order valence-electron chi connectivity index (χ1n) is 7.60. The van der Waals surface area contributed by atoms with Gasteiger partial charge in [-0.25, -0.2) is 4.21 Å². The van der Waals surface area contributed by atoms with Gasteiger partial charge in [0.25, 0.3) is 0 Å². The first-order chi connectivity index (χ1) is 10.8. The Morgan fingerprint density at radius 1 is 1.05 bits per heavy atom.